The fourth-order valence-electron chi connectivity index (χ4n) is 4.36. The minimum Gasteiger partial charge on any atom is -0.340 e. The molecule has 0 spiro atoms. The van der Waals surface area contributed by atoms with Gasteiger partial charge in [-0.1, -0.05) is 31.9 Å². The van der Waals surface area contributed by atoms with Crippen LogP contribution in [0.2, 0.25) is 0 Å². The van der Waals surface area contributed by atoms with E-state index in [0.717, 1.165) is 50.3 Å². The van der Waals surface area contributed by atoms with Gasteiger partial charge in [0.15, 0.2) is 0 Å². The molecular formula is C21H31N3O2. The summed E-state index contributed by atoms with van der Waals surface area (Å²) in [6.07, 6.45) is 5.24. The maximum absolute atomic E-state index is 13.1. The van der Waals surface area contributed by atoms with Crippen molar-refractivity contribution in [3.8, 4) is 0 Å². The van der Waals surface area contributed by atoms with Crippen LogP contribution in [0.3, 0.4) is 0 Å². The molecule has 1 aromatic carbocycles. The molecule has 0 radical (unpaired) electrons. The summed E-state index contributed by atoms with van der Waals surface area (Å²) >= 11 is 0. The van der Waals surface area contributed by atoms with E-state index in [1.54, 1.807) is 0 Å². The smallest absolute Gasteiger partial charge is 0.242 e. The van der Waals surface area contributed by atoms with Gasteiger partial charge in [0.25, 0.3) is 0 Å². The number of rotatable bonds is 5. The van der Waals surface area contributed by atoms with Crippen LogP contribution in [-0.2, 0) is 9.59 Å². The summed E-state index contributed by atoms with van der Waals surface area (Å²) in [6, 6.07) is 7.89. The molecule has 0 bridgehead atoms. The number of benzene rings is 1. The van der Waals surface area contributed by atoms with Gasteiger partial charge in [-0.25, -0.2) is 0 Å². The van der Waals surface area contributed by atoms with Crippen molar-refractivity contribution in [2.75, 3.05) is 31.5 Å². The number of nitrogens with zero attached hydrogens (tertiary/aromatic N) is 2. The Labute approximate surface area is 156 Å². The van der Waals surface area contributed by atoms with Crippen molar-refractivity contribution in [1.29, 1.82) is 0 Å². The summed E-state index contributed by atoms with van der Waals surface area (Å²) < 4.78 is 0. The fourth-order valence-corrected chi connectivity index (χ4v) is 4.36. The van der Waals surface area contributed by atoms with E-state index < -0.39 is 0 Å². The minimum atomic E-state index is -0.0862. The molecule has 2 amide bonds. The quantitative estimate of drug-likeness (QED) is 0.881. The molecule has 1 aliphatic carbocycles. The van der Waals surface area contributed by atoms with E-state index in [1.807, 2.05) is 43.0 Å². The highest BCUT2D eigenvalue weighted by molar-refractivity contribution is 5.95. The van der Waals surface area contributed by atoms with Crippen LogP contribution in [0, 0.1) is 12.8 Å². The maximum Gasteiger partial charge on any atom is 0.242 e. The molecular weight excluding hydrogens is 326 g/mol. The Bertz CT molecular complexity index is 632. The number of carbonyl (C=O) groups excluding carboxylic acids is 2. The standard InChI is InChI=1S/C21H31N3O2/c1-3-19(25)23-11-13-24(14-12-23)20(17-8-4-5-9-17)21(26)22-18-10-6-7-16(2)15-18/h6-7,10,15,17,20H,3-5,8-9,11-14H2,1-2H3,(H,22,26). The molecule has 5 heteroatoms. The molecule has 1 saturated carbocycles. The highest BCUT2D eigenvalue weighted by Crippen LogP contribution is 2.31. The van der Waals surface area contributed by atoms with Crippen molar-refractivity contribution in [3.63, 3.8) is 0 Å². The van der Waals surface area contributed by atoms with Gasteiger partial charge in [-0.05, 0) is 43.4 Å². The number of hydrogen-bond acceptors (Lipinski definition) is 3. The Morgan fingerprint density at radius 1 is 1.15 bits per heavy atom. The summed E-state index contributed by atoms with van der Waals surface area (Å²) in [4.78, 5) is 29.3. The molecule has 2 aliphatic rings. The molecule has 0 aromatic heterocycles. The maximum atomic E-state index is 13.1. The Balaban J connectivity index is 1.69. The van der Waals surface area contributed by atoms with Crippen LogP contribution in [-0.4, -0.2) is 53.8 Å². The van der Waals surface area contributed by atoms with Gasteiger partial charge >= 0.3 is 0 Å². The van der Waals surface area contributed by atoms with E-state index in [-0.39, 0.29) is 17.9 Å². The molecule has 142 valence electrons. The van der Waals surface area contributed by atoms with Gasteiger partial charge in [-0.3, -0.25) is 14.5 Å². The van der Waals surface area contributed by atoms with Crippen LogP contribution < -0.4 is 5.32 Å². The van der Waals surface area contributed by atoms with Crippen molar-refractivity contribution in [1.82, 2.24) is 9.80 Å². The first-order valence-corrected chi connectivity index (χ1v) is 9.98. The lowest BCUT2D eigenvalue weighted by atomic mass is 9.94. The Morgan fingerprint density at radius 2 is 1.85 bits per heavy atom. The zero-order valence-electron chi connectivity index (χ0n) is 16.0. The topological polar surface area (TPSA) is 52.7 Å². The first-order valence-electron chi connectivity index (χ1n) is 9.98. The van der Waals surface area contributed by atoms with Crippen molar-refractivity contribution >= 4 is 17.5 Å². The third-order valence-electron chi connectivity index (χ3n) is 5.76. The van der Waals surface area contributed by atoms with Gasteiger partial charge < -0.3 is 10.2 Å². The van der Waals surface area contributed by atoms with Gasteiger partial charge in [0.2, 0.25) is 11.8 Å². The number of hydrogen-bond donors (Lipinski definition) is 1. The van der Waals surface area contributed by atoms with Gasteiger partial charge in [0, 0.05) is 38.3 Å². The number of amides is 2. The third-order valence-corrected chi connectivity index (χ3v) is 5.76. The monoisotopic (exact) mass is 357 g/mol. The van der Waals surface area contributed by atoms with Crippen LogP contribution in [0.25, 0.3) is 0 Å². The average molecular weight is 357 g/mol. The van der Waals surface area contributed by atoms with E-state index in [2.05, 4.69) is 10.2 Å². The molecule has 1 unspecified atom stereocenters. The molecule has 1 heterocycles. The predicted octanol–water partition coefficient (Wildman–Crippen LogP) is 3.05. The highest BCUT2D eigenvalue weighted by atomic mass is 16.2. The van der Waals surface area contributed by atoms with E-state index in [9.17, 15) is 9.59 Å². The number of anilines is 1. The fraction of sp³-hybridized carbons (Fsp3) is 0.619. The second kappa shape index (κ2) is 8.67. The second-order valence-corrected chi connectivity index (χ2v) is 7.62. The number of piperazine rings is 1. The first-order chi connectivity index (χ1) is 12.6. The molecule has 1 aromatic rings. The molecule has 5 nitrogen and oxygen atoms in total. The van der Waals surface area contributed by atoms with E-state index in [4.69, 9.17) is 0 Å². The van der Waals surface area contributed by atoms with Gasteiger partial charge in [0.05, 0.1) is 6.04 Å². The van der Waals surface area contributed by atoms with E-state index in [0.29, 0.717) is 12.3 Å². The number of carbonyl (C=O) groups is 2. The first kappa shape index (κ1) is 18.9. The zero-order valence-corrected chi connectivity index (χ0v) is 16.0. The van der Waals surface area contributed by atoms with Crippen molar-refractivity contribution < 1.29 is 9.59 Å². The second-order valence-electron chi connectivity index (χ2n) is 7.62. The highest BCUT2D eigenvalue weighted by Gasteiger charge is 2.37. The Morgan fingerprint density at radius 3 is 2.46 bits per heavy atom. The molecule has 1 aliphatic heterocycles. The minimum absolute atomic E-state index is 0.0862. The largest absolute Gasteiger partial charge is 0.340 e. The van der Waals surface area contributed by atoms with Crippen LogP contribution in [0.4, 0.5) is 5.69 Å². The lowest BCUT2D eigenvalue weighted by molar-refractivity contribution is -0.134. The molecule has 2 fully saturated rings. The third kappa shape index (κ3) is 4.44. The van der Waals surface area contributed by atoms with Gasteiger partial charge in [-0.2, -0.15) is 0 Å². The Hall–Kier alpha value is -1.88. The van der Waals surface area contributed by atoms with Crippen LogP contribution in [0.15, 0.2) is 24.3 Å². The lowest BCUT2D eigenvalue weighted by Gasteiger charge is -2.40. The molecule has 3 rings (SSSR count). The number of nitrogens with one attached hydrogen (secondary N) is 1. The van der Waals surface area contributed by atoms with E-state index in [1.165, 1.54) is 12.8 Å². The zero-order chi connectivity index (χ0) is 18.5. The predicted molar refractivity (Wildman–Crippen MR) is 104 cm³/mol. The molecule has 1 saturated heterocycles. The van der Waals surface area contributed by atoms with Crippen LogP contribution in [0.5, 0.6) is 0 Å². The van der Waals surface area contributed by atoms with E-state index >= 15 is 0 Å². The molecule has 26 heavy (non-hydrogen) atoms. The van der Waals surface area contributed by atoms with Crippen molar-refractivity contribution in [2.45, 2.75) is 52.0 Å². The lowest BCUT2D eigenvalue weighted by Crippen LogP contribution is -2.56. The average Bonchev–Trinajstić information content (AvgIpc) is 3.16. The van der Waals surface area contributed by atoms with Gasteiger partial charge in [-0.15, -0.1) is 0 Å². The van der Waals surface area contributed by atoms with Gasteiger partial charge in [0.1, 0.15) is 0 Å². The molecule has 1 atom stereocenters. The van der Waals surface area contributed by atoms with Crippen LogP contribution >= 0.6 is 0 Å². The summed E-state index contributed by atoms with van der Waals surface area (Å²) in [7, 11) is 0. The number of aryl methyl sites for hydroxylation is 1. The van der Waals surface area contributed by atoms with Crippen molar-refractivity contribution in [3.05, 3.63) is 29.8 Å². The summed E-state index contributed by atoms with van der Waals surface area (Å²) in [6.45, 7) is 6.98. The van der Waals surface area contributed by atoms with Crippen molar-refractivity contribution in [2.24, 2.45) is 5.92 Å². The summed E-state index contributed by atoms with van der Waals surface area (Å²) in [5.41, 5.74) is 2.02. The SMILES string of the molecule is CCC(=O)N1CCN(C(C(=O)Nc2cccc(C)c2)C2CCCC2)CC1. The normalized spacial score (nSPS) is 20.2. The summed E-state index contributed by atoms with van der Waals surface area (Å²) in [5.74, 6) is 0.747. The molecule has 1 N–H and O–H groups in total. The Kier molecular flexibility index (Phi) is 6.30. The van der Waals surface area contributed by atoms with Crippen LogP contribution in [0.1, 0.15) is 44.6 Å². The summed E-state index contributed by atoms with van der Waals surface area (Å²) in [5, 5.41) is 3.14.